The second-order valence-corrected chi connectivity index (χ2v) is 5.17. The highest BCUT2D eigenvalue weighted by Crippen LogP contribution is 2.27. The molecule has 20 heavy (non-hydrogen) atoms. The number of aliphatic carboxylic acids is 1. The van der Waals surface area contributed by atoms with Crippen molar-refractivity contribution in [3.8, 4) is 5.75 Å². The van der Waals surface area contributed by atoms with Crippen molar-refractivity contribution in [2.24, 2.45) is 0 Å². The first-order chi connectivity index (χ1) is 9.49. The zero-order valence-electron chi connectivity index (χ0n) is 12.8. The van der Waals surface area contributed by atoms with Gasteiger partial charge in [-0.25, -0.2) is 0 Å². The molecule has 112 valence electrons. The summed E-state index contributed by atoms with van der Waals surface area (Å²) < 4.78 is 5.18. The summed E-state index contributed by atoms with van der Waals surface area (Å²) in [4.78, 5) is 13.1. The van der Waals surface area contributed by atoms with Crippen LogP contribution in [0.3, 0.4) is 0 Å². The van der Waals surface area contributed by atoms with E-state index in [0.29, 0.717) is 12.6 Å². The summed E-state index contributed by atoms with van der Waals surface area (Å²) in [5.41, 5.74) is 1.20. The topological polar surface area (TPSA) is 49.8 Å². The van der Waals surface area contributed by atoms with E-state index in [2.05, 4.69) is 37.8 Å². The van der Waals surface area contributed by atoms with Gasteiger partial charge in [0.2, 0.25) is 0 Å². The number of nitrogens with zero attached hydrogens (tertiary/aromatic N) is 1. The predicted molar refractivity (Wildman–Crippen MR) is 80.1 cm³/mol. The Kier molecular flexibility index (Phi) is 6.52. The highest BCUT2D eigenvalue weighted by molar-refractivity contribution is 5.66. The average molecular weight is 279 g/mol. The van der Waals surface area contributed by atoms with Crippen LogP contribution in [0, 0.1) is 0 Å². The van der Waals surface area contributed by atoms with E-state index in [1.807, 2.05) is 12.1 Å². The average Bonchev–Trinajstić information content (AvgIpc) is 2.43. The first-order valence-corrected chi connectivity index (χ1v) is 7.11. The van der Waals surface area contributed by atoms with Gasteiger partial charge in [-0.15, -0.1) is 0 Å². The van der Waals surface area contributed by atoms with Gasteiger partial charge in [-0.3, -0.25) is 9.69 Å². The van der Waals surface area contributed by atoms with E-state index in [-0.39, 0.29) is 12.5 Å². The Balaban J connectivity index is 2.90. The summed E-state index contributed by atoms with van der Waals surface area (Å²) in [6.07, 6.45) is 1.12. The molecule has 1 rings (SSSR count). The van der Waals surface area contributed by atoms with Gasteiger partial charge in [0.15, 0.2) is 0 Å². The monoisotopic (exact) mass is 279 g/mol. The van der Waals surface area contributed by atoms with Crippen molar-refractivity contribution in [3.05, 3.63) is 29.8 Å². The Bertz CT molecular complexity index is 414. The van der Waals surface area contributed by atoms with Gasteiger partial charge in [0, 0.05) is 18.6 Å². The molecule has 0 spiro atoms. The molecule has 1 aromatic rings. The van der Waals surface area contributed by atoms with Crippen LogP contribution in [0.2, 0.25) is 0 Å². The van der Waals surface area contributed by atoms with Gasteiger partial charge >= 0.3 is 5.97 Å². The first kappa shape index (κ1) is 16.5. The first-order valence-electron chi connectivity index (χ1n) is 7.11. The summed E-state index contributed by atoms with van der Waals surface area (Å²) in [5, 5.41) is 8.89. The molecule has 0 heterocycles. The maximum Gasteiger partial charge on any atom is 0.304 e. The van der Waals surface area contributed by atoms with E-state index >= 15 is 0 Å². The molecule has 1 unspecified atom stereocenters. The number of benzene rings is 1. The molecule has 0 aliphatic carbocycles. The molecule has 0 aliphatic heterocycles. The van der Waals surface area contributed by atoms with E-state index in [4.69, 9.17) is 9.84 Å². The second kappa shape index (κ2) is 7.90. The van der Waals surface area contributed by atoms with Crippen LogP contribution in [0.5, 0.6) is 5.75 Å². The molecule has 0 aliphatic rings. The molecular weight excluding hydrogens is 254 g/mol. The Hall–Kier alpha value is -1.55. The lowest BCUT2D eigenvalue weighted by atomic mass is 10.0. The van der Waals surface area contributed by atoms with E-state index < -0.39 is 5.97 Å². The summed E-state index contributed by atoms with van der Waals surface area (Å²) in [7, 11) is 1.65. The molecule has 0 saturated heterocycles. The molecule has 0 aromatic heterocycles. The van der Waals surface area contributed by atoms with E-state index in [0.717, 1.165) is 12.2 Å². The molecule has 0 radical (unpaired) electrons. The Morgan fingerprint density at radius 2 is 1.90 bits per heavy atom. The van der Waals surface area contributed by atoms with Gasteiger partial charge < -0.3 is 9.84 Å². The minimum atomic E-state index is -0.750. The second-order valence-electron chi connectivity index (χ2n) is 5.17. The van der Waals surface area contributed by atoms with Crippen molar-refractivity contribution >= 4 is 5.97 Å². The van der Waals surface area contributed by atoms with Crippen molar-refractivity contribution in [2.45, 2.75) is 45.7 Å². The molecule has 1 atom stereocenters. The number of carboxylic acids is 1. The van der Waals surface area contributed by atoms with Gasteiger partial charge in [-0.05, 0) is 38.0 Å². The summed E-state index contributed by atoms with van der Waals surface area (Å²) >= 11 is 0. The third-order valence-electron chi connectivity index (χ3n) is 3.53. The molecule has 1 N–H and O–H groups in total. The summed E-state index contributed by atoms with van der Waals surface area (Å²) in [6.45, 7) is 6.91. The van der Waals surface area contributed by atoms with Crippen molar-refractivity contribution in [2.75, 3.05) is 13.7 Å². The van der Waals surface area contributed by atoms with Crippen molar-refractivity contribution in [1.29, 1.82) is 0 Å². The third-order valence-corrected chi connectivity index (χ3v) is 3.53. The molecule has 0 saturated carbocycles. The highest BCUT2D eigenvalue weighted by atomic mass is 16.5. The number of ether oxygens (including phenoxy) is 1. The molecule has 0 fully saturated rings. The maximum absolute atomic E-state index is 10.8. The number of methoxy groups -OCH3 is 1. The van der Waals surface area contributed by atoms with Crippen LogP contribution in [-0.4, -0.2) is 35.7 Å². The summed E-state index contributed by atoms with van der Waals surface area (Å²) in [6, 6.07) is 8.56. The molecule has 0 bridgehead atoms. The van der Waals surface area contributed by atoms with Gasteiger partial charge in [0.05, 0.1) is 13.5 Å². The third kappa shape index (κ3) is 4.53. The van der Waals surface area contributed by atoms with Crippen LogP contribution < -0.4 is 4.74 Å². The van der Waals surface area contributed by atoms with Gasteiger partial charge in [-0.2, -0.15) is 0 Å². The molecule has 0 amide bonds. The number of carbonyl (C=O) groups is 1. The fourth-order valence-electron chi connectivity index (χ4n) is 2.49. The maximum atomic E-state index is 10.8. The summed E-state index contributed by atoms with van der Waals surface area (Å²) in [5.74, 6) is 0.0884. The zero-order chi connectivity index (χ0) is 15.1. The molecular formula is C16H25NO3. The lowest BCUT2D eigenvalue weighted by Crippen LogP contribution is -2.36. The Morgan fingerprint density at radius 1 is 1.30 bits per heavy atom. The number of carboxylic acid groups (broad SMARTS) is 1. The fourth-order valence-corrected chi connectivity index (χ4v) is 2.49. The van der Waals surface area contributed by atoms with Crippen LogP contribution >= 0.6 is 0 Å². The normalized spacial score (nSPS) is 12.7. The number of rotatable bonds is 8. The van der Waals surface area contributed by atoms with Crippen LogP contribution in [-0.2, 0) is 4.79 Å². The van der Waals surface area contributed by atoms with Gasteiger partial charge in [0.1, 0.15) is 5.75 Å². The van der Waals surface area contributed by atoms with E-state index in [1.54, 1.807) is 7.11 Å². The standard InChI is InChI=1S/C16H25NO3/c1-5-15(13-6-8-14(20-4)9-7-13)17(12(2)3)11-10-16(18)19/h6-9,12,15H,5,10-11H2,1-4H3,(H,18,19). The molecule has 4 nitrogen and oxygen atoms in total. The van der Waals surface area contributed by atoms with Gasteiger partial charge in [0.25, 0.3) is 0 Å². The van der Waals surface area contributed by atoms with Crippen LogP contribution in [0.25, 0.3) is 0 Å². The van der Waals surface area contributed by atoms with Gasteiger partial charge in [-0.1, -0.05) is 19.1 Å². The van der Waals surface area contributed by atoms with Crippen LogP contribution in [0.4, 0.5) is 0 Å². The van der Waals surface area contributed by atoms with E-state index in [1.165, 1.54) is 5.56 Å². The van der Waals surface area contributed by atoms with Crippen LogP contribution in [0.15, 0.2) is 24.3 Å². The number of hydrogen-bond acceptors (Lipinski definition) is 3. The highest BCUT2D eigenvalue weighted by Gasteiger charge is 2.22. The SMILES string of the molecule is CCC(c1ccc(OC)cc1)N(CCC(=O)O)C(C)C. The van der Waals surface area contributed by atoms with Crippen LogP contribution in [0.1, 0.15) is 45.2 Å². The molecule has 4 heteroatoms. The van der Waals surface area contributed by atoms with Crippen molar-refractivity contribution in [3.63, 3.8) is 0 Å². The Labute approximate surface area is 121 Å². The predicted octanol–water partition coefficient (Wildman–Crippen LogP) is 3.33. The number of hydrogen-bond donors (Lipinski definition) is 1. The molecule has 1 aromatic carbocycles. The lowest BCUT2D eigenvalue weighted by molar-refractivity contribution is -0.137. The smallest absolute Gasteiger partial charge is 0.304 e. The van der Waals surface area contributed by atoms with Crippen molar-refractivity contribution in [1.82, 2.24) is 4.90 Å². The Morgan fingerprint density at radius 3 is 2.30 bits per heavy atom. The zero-order valence-corrected chi connectivity index (χ0v) is 12.8. The largest absolute Gasteiger partial charge is 0.497 e. The lowest BCUT2D eigenvalue weighted by Gasteiger charge is -2.34. The fraction of sp³-hybridized carbons (Fsp3) is 0.562. The minimum Gasteiger partial charge on any atom is -0.497 e. The quantitative estimate of drug-likeness (QED) is 0.793. The minimum absolute atomic E-state index is 0.171. The van der Waals surface area contributed by atoms with Crippen molar-refractivity contribution < 1.29 is 14.6 Å². The van der Waals surface area contributed by atoms with E-state index in [9.17, 15) is 4.79 Å².